The molecule has 0 aromatic carbocycles. The van der Waals surface area contributed by atoms with E-state index in [0.29, 0.717) is 0 Å². The Morgan fingerprint density at radius 2 is 2.00 bits per heavy atom. The average molecular weight is 138 g/mol. The smallest absolute Gasteiger partial charge is 0.327 e. The van der Waals surface area contributed by atoms with Crippen LogP contribution in [0.25, 0.3) is 0 Å². The van der Waals surface area contributed by atoms with Crippen molar-refractivity contribution in [2.24, 2.45) is 0 Å². The maximum absolute atomic E-state index is 9.80. The number of hydrogen-bond acceptors (Lipinski definition) is 3. The van der Waals surface area contributed by atoms with Crippen molar-refractivity contribution >= 4 is 10.1 Å². The molecular weight excluding hydrogens is 132 g/mol. The lowest BCUT2D eigenvalue weighted by Crippen LogP contribution is -1.99. The Morgan fingerprint density at radius 1 is 1.62 bits per heavy atom. The van der Waals surface area contributed by atoms with Crippen molar-refractivity contribution in [3.8, 4) is 0 Å². The molecule has 0 aliphatic rings. The van der Waals surface area contributed by atoms with Gasteiger partial charge in [-0.1, -0.05) is 0 Å². The van der Waals surface area contributed by atoms with E-state index in [1.807, 2.05) is 0 Å². The van der Waals surface area contributed by atoms with Crippen LogP contribution in [0.2, 0.25) is 0 Å². The van der Waals surface area contributed by atoms with Gasteiger partial charge in [0.25, 0.3) is 0 Å². The zero-order valence-electron chi connectivity index (χ0n) is 4.20. The molecule has 4 nitrogen and oxygen atoms in total. The van der Waals surface area contributed by atoms with Gasteiger partial charge in [-0.2, -0.15) is 8.42 Å². The lowest BCUT2D eigenvalue weighted by Gasteiger charge is -1.88. The van der Waals surface area contributed by atoms with Crippen LogP contribution in [0.3, 0.4) is 0 Å². The van der Waals surface area contributed by atoms with Crippen molar-refractivity contribution in [2.45, 2.75) is 6.92 Å². The molecule has 48 valence electrons. The normalized spacial score (nSPS) is 14.0. The molecular formula is C3H6O4S. The van der Waals surface area contributed by atoms with Gasteiger partial charge in [0, 0.05) is 0 Å². The highest BCUT2D eigenvalue weighted by molar-refractivity contribution is 7.89. The Bertz CT molecular complexity index is 187. The first-order valence-electron chi connectivity index (χ1n) is 1.81. The van der Waals surface area contributed by atoms with Crippen molar-refractivity contribution in [3.05, 3.63) is 11.2 Å². The van der Waals surface area contributed by atoms with Gasteiger partial charge >= 0.3 is 10.1 Å². The number of hydrogen-bond donors (Lipinski definition) is 2. The summed E-state index contributed by atoms with van der Waals surface area (Å²) >= 11 is 0. The van der Waals surface area contributed by atoms with E-state index in [1.54, 1.807) is 0 Å². The summed E-state index contributed by atoms with van der Waals surface area (Å²) in [4.78, 5) is 0. The molecule has 5 heteroatoms. The summed E-state index contributed by atoms with van der Waals surface area (Å²) in [5, 5.41) is 7.20. The molecule has 0 bridgehead atoms. The summed E-state index contributed by atoms with van der Waals surface area (Å²) in [5.41, 5.74) is 0. The van der Waals surface area contributed by atoms with Crippen molar-refractivity contribution in [3.63, 3.8) is 0 Å². The van der Waals surface area contributed by atoms with Crippen molar-refractivity contribution in [2.75, 3.05) is 0 Å². The van der Waals surface area contributed by atoms with Crippen LogP contribution < -0.4 is 0 Å². The maximum atomic E-state index is 9.80. The molecule has 0 radical (unpaired) electrons. The first-order chi connectivity index (χ1) is 3.48. The van der Waals surface area contributed by atoms with Gasteiger partial charge in [0.1, 0.15) is 0 Å². The van der Waals surface area contributed by atoms with Crippen LogP contribution in [0.1, 0.15) is 6.92 Å². The minimum atomic E-state index is -4.34. The van der Waals surface area contributed by atoms with Crippen molar-refractivity contribution in [1.29, 1.82) is 0 Å². The van der Waals surface area contributed by atoms with Crippen LogP contribution in [0.15, 0.2) is 11.2 Å². The topological polar surface area (TPSA) is 74.6 Å². The summed E-state index contributed by atoms with van der Waals surface area (Å²) in [5.74, 6) is 0. The highest BCUT2D eigenvalue weighted by Gasteiger charge is 2.07. The predicted octanol–water partition coefficient (Wildman–Crippen LogP) is 0.294. The van der Waals surface area contributed by atoms with Crippen LogP contribution in [0, 0.1) is 0 Å². The summed E-state index contributed by atoms with van der Waals surface area (Å²) in [7, 11) is -4.34. The van der Waals surface area contributed by atoms with E-state index in [1.165, 1.54) is 6.92 Å². The SMILES string of the molecule is C/C=C(\O)S(=O)(=O)O. The first kappa shape index (κ1) is 7.45. The Kier molecular flexibility index (Phi) is 2.00. The Hall–Kier alpha value is -0.550. The number of rotatable bonds is 1. The van der Waals surface area contributed by atoms with Gasteiger partial charge in [-0.05, 0) is 13.0 Å². The third kappa shape index (κ3) is 1.94. The molecule has 0 aromatic heterocycles. The molecule has 0 fully saturated rings. The van der Waals surface area contributed by atoms with Crippen LogP contribution in [0.4, 0.5) is 0 Å². The second-order valence-electron chi connectivity index (χ2n) is 1.10. The van der Waals surface area contributed by atoms with Gasteiger partial charge in [0.2, 0.25) is 5.09 Å². The second-order valence-corrected chi connectivity index (χ2v) is 2.47. The Morgan fingerprint density at radius 3 is 2.00 bits per heavy atom. The number of aliphatic hydroxyl groups is 1. The third-order valence-electron chi connectivity index (χ3n) is 0.511. The van der Waals surface area contributed by atoms with E-state index < -0.39 is 15.2 Å². The zero-order valence-corrected chi connectivity index (χ0v) is 5.01. The largest absolute Gasteiger partial charge is 0.497 e. The first-order valence-corrected chi connectivity index (χ1v) is 3.25. The number of allylic oxidation sites excluding steroid dienone is 1. The van der Waals surface area contributed by atoms with Gasteiger partial charge in [-0.25, -0.2) is 0 Å². The van der Waals surface area contributed by atoms with Gasteiger partial charge in [0.05, 0.1) is 0 Å². The fourth-order valence-electron chi connectivity index (χ4n) is 0.149. The molecule has 0 aromatic rings. The van der Waals surface area contributed by atoms with Crippen LogP contribution in [-0.4, -0.2) is 18.1 Å². The van der Waals surface area contributed by atoms with E-state index >= 15 is 0 Å². The molecule has 0 aliphatic heterocycles. The second kappa shape index (κ2) is 2.15. The molecule has 8 heavy (non-hydrogen) atoms. The van der Waals surface area contributed by atoms with Crippen LogP contribution >= 0.6 is 0 Å². The number of aliphatic hydroxyl groups excluding tert-OH is 1. The lowest BCUT2D eigenvalue weighted by atomic mass is 10.7. The Balaban J connectivity index is 4.55. The van der Waals surface area contributed by atoms with E-state index in [4.69, 9.17) is 9.66 Å². The quantitative estimate of drug-likeness (QED) is 0.403. The van der Waals surface area contributed by atoms with Gasteiger partial charge < -0.3 is 5.11 Å². The molecule has 0 rings (SSSR count). The molecule has 0 spiro atoms. The van der Waals surface area contributed by atoms with E-state index in [0.717, 1.165) is 6.08 Å². The van der Waals surface area contributed by atoms with E-state index in [9.17, 15) is 8.42 Å². The maximum Gasteiger partial charge on any atom is 0.327 e. The summed E-state index contributed by atoms with van der Waals surface area (Å²) in [6.45, 7) is 1.29. The standard InChI is InChI=1S/C3H6O4S/c1-2-3(4)8(5,6)7/h2,4H,1H3,(H,5,6,7)/b3-2+. The summed E-state index contributed by atoms with van der Waals surface area (Å²) in [6, 6.07) is 0. The van der Waals surface area contributed by atoms with Crippen LogP contribution in [-0.2, 0) is 10.1 Å². The van der Waals surface area contributed by atoms with E-state index in [-0.39, 0.29) is 0 Å². The highest BCUT2D eigenvalue weighted by Crippen LogP contribution is 1.95. The van der Waals surface area contributed by atoms with Gasteiger partial charge in [-0.15, -0.1) is 0 Å². The van der Waals surface area contributed by atoms with Crippen LogP contribution in [0.5, 0.6) is 0 Å². The van der Waals surface area contributed by atoms with Gasteiger partial charge in [-0.3, -0.25) is 4.55 Å². The molecule has 0 atom stereocenters. The fraction of sp³-hybridized carbons (Fsp3) is 0.333. The molecule has 2 N–H and O–H groups in total. The molecule has 0 unspecified atom stereocenters. The van der Waals surface area contributed by atoms with E-state index in [2.05, 4.69) is 0 Å². The molecule has 0 amide bonds. The molecule has 0 aliphatic carbocycles. The van der Waals surface area contributed by atoms with Crippen molar-refractivity contribution < 1.29 is 18.1 Å². The highest BCUT2D eigenvalue weighted by atomic mass is 32.2. The summed E-state index contributed by atoms with van der Waals surface area (Å²) in [6.07, 6.45) is 0.884. The Labute approximate surface area is 47.2 Å². The van der Waals surface area contributed by atoms with Gasteiger partial charge in [0.15, 0.2) is 0 Å². The zero-order chi connectivity index (χ0) is 6.78. The third-order valence-corrected chi connectivity index (χ3v) is 1.28. The molecule has 0 saturated heterocycles. The predicted molar refractivity (Wildman–Crippen MR) is 27.9 cm³/mol. The lowest BCUT2D eigenvalue weighted by molar-refractivity contribution is 0.405. The van der Waals surface area contributed by atoms with Crippen molar-refractivity contribution in [1.82, 2.24) is 0 Å². The minimum absolute atomic E-state index is 0.884. The average Bonchev–Trinajstić information content (AvgIpc) is 1.62. The minimum Gasteiger partial charge on any atom is -0.497 e. The molecule has 0 heterocycles. The summed E-state index contributed by atoms with van der Waals surface area (Å²) < 4.78 is 27.5. The fourth-order valence-corrected chi connectivity index (χ4v) is 0.447. The molecule has 0 saturated carbocycles. The monoisotopic (exact) mass is 138 g/mol.